The van der Waals surface area contributed by atoms with E-state index in [1.807, 2.05) is 13.0 Å². The highest BCUT2D eigenvalue weighted by molar-refractivity contribution is 5.08. The van der Waals surface area contributed by atoms with Crippen LogP contribution in [0.2, 0.25) is 0 Å². The summed E-state index contributed by atoms with van der Waals surface area (Å²) in [5.74, 6) is 0.854. The highest BCUT2D eigenvalue weighted by atomic mass is 16.6. The third kappa shape index (κ3) is 0.833. The number of epoxide rings is 1. The van der Waals surface area contributed by atoms with Crippen molar-refractivity contribution < 1.29 is 9.26 Å². The molecule has 1 fully saturated rings. The van der Waals surface area contributed by atoms with E-state index in [4.69, 9.17) is 9.26 Å². The molecule has 2 rings (SSSR count). The Labute approximate surface area is 52.6 Å². The van der Waals surface area contributed by atoms with Crippen molar-refractivity contribution >= 4 is 0 Å². The molecule has 0 unspecified atom stereocenters. The van der Waals surface area contributed by atoms with E-state index in [0.29, 0.717) is 0 Å². The number of hydrogen-bond acceptors (Lipinski definition) is 3. The average molecular weight is 125 g/mol. The monoisotopic (exact) mass is 125 g/mol. The van der Waals surface area contributed by atoms with Crippen molar-refractivity contribution in [3.8, 4) is 0 Å². The lowest BCUT2D eigenvalue weighted by Gasteiger charge is -1.77. The fraction of sp³-hybridized carbons (Fsp3) is 0.500. The second-order valence-electron chi connectivity index (χ2n) is 2.19. The predicted molar refractivity (Wildman–Crippen MR) is 29.9 cm³/mol. The van der Waals surface area contributed by atoms with Crippen LogP contribution in [0.4, 0.5) is 0 Å². The standard InChI is InChI=1S/C6H7NO2/c1-4-2-5(9-7-4)6-3-8-6/h2,6H,3H2,1H3/t6-/m1/s1. The Bertz CT molecular complexity index is 215. The summed E-state index contributed by atoms with van der Waals surface area (Å²) in [6.07, 6.45) is 0.200. The maximum Gasteiger partial charge on any atom is 0.168 e. The van der Waals surface area contributed by atoms with E-state index in [0.717, 1.165) is 18.1 Å². The Kier molecular flexibility index (Phi) is 0.873. The maximum absolute atomic E-state index is 4.97. The Morgan fingerprint density at radius 2 is 2.56 bits per heavy atom. The quantitative estimate of drug-likeness (QED) is 0.526. The first-order chi connectivity index (χ1) is 4.36. The lowest BCUT2D eigenvalue weighted by molar-refractivity contribution is 0.324. The minimum Gasteiger partial charge on any atom is -0.365 e. The first-order valence-corrected chi connectivity index (χ1v) is 2.91. The molecule has 0 amide bonds. The number of aromatic nitrogens is 1. The van der Waals surface area contributed by atoms with Gasteiger partial charge in [0.15, 0.2) is 5.76 Å². The average Bonchev–Trinajstić information content (AvgIpc) is 2.58. The molecule has 0 saturated carbocycles. The van der Waals surface area contributed by atoms with Gasteiger partial charge in [0.2, 0.25) is 0 Å². The second-order valence-corrected chi connectivity index (χ2v) is 2.19. The predicted octanol–water partition coefficient (Wildman–Crippen LogP) is 1.05. The molecule has 1 saturated heterocycles. The van der Waals surface area contributed by atoms with E-state index in [1.54, 1.807) is 0 Å². The summed E-state index contributed by atoms with van der Waals surface area (Å²) < 4.78 is 9.89. The van der Waals surface area contributed by atoms with Gasteiger partial charge < -0.3 is 9.26 Å². The minimum absolute atomic E-state index is 0.200. The second kappa shape index (κ2) is 1.57. The highest BCUT2D eigenvalue weighted by Crippen LogP contribution is 2.29. The summed E-state index contributed by atoms with van der Waals surface area (Å²) in [6, 6.07) is 1.90. The van der Waals surface area contributed by atoms with Crippen LogP contribution in [0.5, 0.6) is 0 Å². The molecule has 48 valence electrons. The summed E-state index contributed by atoms with van der Waals surface area (Å²) in [4.78, 5) is 0. The molecule has 1 aromatic rings. The molecule has 1 atom stereocenters. The topological polar surface area (TPSA) is 38.6 Å². The van der Waals surface area contributed by atoms with Crippen molar-refractivity contribution in [2.75, 3.05) is 6.61 Å². The first kappa shape index (κ1) is 4.99. The van der Waals surface area contributed by atoms with Crippen LogP contribution >= 0.6 is 0 Å². The van der Waals surface area contributed by atoms with Gasteiger partial charge >= 0.3 is 0 Å². The van der Waals surface area contributed by atoms with E-state index >= 15 is 0 Å². The van der Waals surface area contributed by atoms with Crippen LogP contribution in [0.3, 0.4) is 0 Å². The van der Waals surface area contributed by atoms with Gasteiger partial charge in [0.05, 0.1) is 12.3 Å². The third-order valence-corrected chi connectivity index (χ3v) is 1.30. The molecule has 1 aromatic heterocycles. The van der Waals surface area contributed by atoms with Crippen LogP contribution in [0.25, 0.3) is 0 Å². The van der Waals surface area contributed by atoms with Crippen molar-refractivity contribution in [1.82, 2.24) is 5.16 Å². The smallest absolute Gasteiger partial charge is 0.168 e. The minimum atomic E-state index is 0.200. The first-order valence-electron chi connectivity index (χ1n) is 2.91. The van der Waals surface area contributed by atoms with Gasteiger partial charge in [-0.25, -0.2) is 0 Å². The molecule has 0 aliphatic carbocycles. The van der Waals surface area contributed by atoms with Gasteiger partial charge in [0.1, 0.15) is 6.10 Å². The van der Waals surface area contributed by atoms with Gasteiger partial charge in [0.25, 0.3) is 0 Å². The normalized spacial score (nSPS) is 24.3. The van der Waals surface area contributed by atoms with Crippen LogP contribution in [0.15, 0.2) is 10.6 Å². The van der Waals surface area contributed by atoms with E-state index in [9.17, 15) is 0 Å². The van der Waals surface area contributed by atoms with Crippen LogP contribution in [0, 0.1) is 6.92 Å². The lowest BCUT2D eigenvalue weighted by Crippen LogP contribution is -1.70. The fourth-order valence-corrected chi connectivity index (χ4v) is 0.747. The molecule has 2 heterocycles. The Morgan fingerprint density at radius 3 is 3.00 bits per heavy atom. The molecule has 0 aromatic carbocycles. The molecule has 1 aliphatic heterocycles. The molecule has 9 heavy (non-hydrogen) atoms. The molecule has 0 N–H and O–H groups in total. The molecule has 0 bridgehead atoms. The van der Waals surface area contributed by atoms with Gasteiger partial charge in [-0.2, -0.15) is 0 Å². The zero-order chi connectivity index (χ0) is 6.27. The van der Waals surface area contributed by atoms with Crippen molar-refractivity contribution in [1.29, 1.82) is 0 Å². The summed E-state index contributed by atoms with van der Waals surface area (Å²) >= 11 is 0. The van der Waals surface area contributed by atoms with Gasteiger partial charge in [-0.1, -0.05) is 5.16 Å². The number of ether oxygens (including phenoxy) is 1. The van der Waals surface area contributed by atoms with E-state index in [-0.39, 0.29) is 6.10 Å². The fourth-order valence-electron chi connectivity index (χ4n) is 0.747. The lowest BCUT2D eigenvalue weighted by atomic mass is 10.3. The summed E-state index contributed by atoms with van der Waals surface area (Å²) in [6.45, 7) is 2.68. The maximum atomic E-state index is 4.97. The van der Waals surface area contributed by atoms with Crippen molar-refractivity contribution in [3.05, 3.63) is 17.5 Å². The SMILES string of the molecule is Cc1cc([C@H]2CO2)on1. The Balaban J connectivity index is 2.28. The van der Waals surface area contributed by atoms with Crippen LogP contribution < -0.4 is 0 Å². The van der Waals surface area contributed by atoms with E-state index in [1.165, 1.54) is 0 Å². The number of rotatable bonds is 1. The Hall–Kier alpha value is -0.830. The van der Waals surface area contributed by atoms with Gasteiger partial charge in [-0.3, -0.25) is 0 Å². The number of nitrogens with zero attached hydrogens (tertiary/aromatic N) is 1. The van der Waals surface area contributed by atoms with Crippen LogP contribution in [0.1, 0.15) is 17.6 Å². The van der Waals surface area contributed by atoms with E-state index in [2.05, 4.69) is 5.16 Å². The summed E-state index contributed by atoms with van der Waals surface area (Å²) in [7, 11) is 0. The Morgan fingerprint density at radius 1 is 1.78 bits per heavy atom. The largest absolute Gasteiger partial charge is 0.365 e. The van der Waals surface area contributed by atoms with Crippen LogP contribution in [-0.4, -0.2) is 11.8 Å². The molecule has 0 radical (unpaired) electrons. The van der Waals surface area contributed by atoms with E-state index < -0.39 is 0 Å². The molecular formula is C6H7NO2. The molecule has 1 aliphatic rings. The van der Waals surface area contributed by atoms with Crippen molar-refractivity contribution in [2.24, 2.45) is 0 Å². The van der Waals surface area contributed by atoms with Crippen molar-refractivity contribution in [2.45, 2.75) is 13.0 Å². The molecule has 0 spiro atoms. The highest BCUT2D eigenvalue weighted by Gasteiger charge is 2.28. The zero-order valence-electron chi connectivity index (χ0n) is 5.13. The van der Waals surface area contributed by atoms with Gasteiger partial charge in [0, 0.05) is 6.07 Å². The number of aryl methyl sites for hydroxylation is 1. The van der Waals surface area contributed by atoms with Crippen LogP contribution in [-0.2, 0) is 4.74 Å². The molecular weight excluding hydrogens is 118 g/mol. The molecule has 3 heteroatoms. The van der Waals surface area contributed by atoms with Crippen molar-refractivity contribution in [3.63, 3.8) is 0 Å². The molecule has 3 nitrogen and oxygen atoms in total. The zero-order valence-corrected chi connectivity index (χ0v) is 5.13. The summed E-state index contributed by atoms with van der Waals surface area (Å²) in [5.41, 5.74) is 0.917. The third-order valence-electron chi connectivity index (χ3n) is 1.30. The number of hydrogen-bond donors (Lipinski definition) is 0. The van der Waals surface area contributed by atoms with Gasteiger partial charge in [-0.05, 0) is 6.92 Å². The summed E-state index contributed by atoms with van der Waals surface area (Å²) in [5, 5.41) is 3.72. The van der Waals surface area contributed by atoms with Gasteiger partial charge in [-0.15, -0.1) is 0 Å².